The van der Waals surface area contributed by atoms with E-state index in [1.165, 1.54) is 0 Å². The summed E-state index contributed by atoms with van der Waals surface area (Å²) in [7, 11) is 0. The highest BCUT2D eigenvalue weighted by Gasteiger charge is 2.31. The average molecular weight is 331 g/mol. The van der Waals surface area contributed by atoms with Gasteiger partial charge in [0.1, 0.15) is 10.8 Å². The van der Waals surface area contributed by atoms with E-state index in [0.29, 0.717) is 23.8 Å². The molecule has 120 valence electrons. The zero-order valence-corrected chi connectivity index (χ0v) is 13.5. The van der Waals surface area contributed by atoms with Crippen molar-refractivity contribution in [3.05, 3.63) is 64.9 Å². The SMILES string of the molecule is O=C(c1cccc(Cl)n1)N1CCCC1CC(O)c1ccccc1. The second kappa shape index (κ2) is 7.11. The lowest BCUT2D eigenvalue weighted by Gasteiger charge is -2.26. The number of rotatable bonds is 4. The molecular weight excluding hydrogens is 312 g/mol. The number of carbonyl (C=O) groups excluding carboxylic acids is 1. The number of hydrogen-bond donors (Lipinski definition) is 1. The summed E-state index contributed by atoms with van der Waals surface area (Å²) < 4.78 is 0. The summed E-state index contributed by atoms with van der Waals surface area (Å²) >= 11 is 5.87. The van der Waals surface area contributed by atoms with Crippen LogP contribution in [0.4, 0.5) is 0 Å². The fourth-order valence-electron chi connectivity index (χ4n) is 3.09. The van der Waals surface area contributed by atoms with Crippen molar-refractivity contribution in [1.82, 2.24) is 9.88 Å². The molecule has 1 aliphatic rings. The van der Waals surface area contributed by atoms with E-state index in [0.717, 1.165) is 18.4 Å². The number of aliphatic hydroxyl groups is 1. The molecule has 1 aromatic heterocycles. The molecule has 4 nitrogen and oxygen atoms in total. The lowest BCUT2D eigenvalue weighted by Crippen LogP contribution is -2.37. The zero-order valence-electron chi connectivity index (χ0n) is 12.7. The smallest absolute Gasteiger partial charge is 0.272 e. The third-order valence-electron chi connectivity index (χ3n) is 4.25. The molecule has 2 aromatic rings. The Labute approximate surface area is 140 Å². The average Bonchev–Trinajstić information content (AvgIpc) is 3.03. The van der Waals surface area contributed by atoms with Gasteiger partial charge < -0.3 is 10.0 Å². The van der Waals surface area contributed by atoms with E-state index in [1.807, 2.05) is 35.2 Å². The fraction of sp³-hybridized carbons (Fsp3) is 0.333. The number of hydrogen-bond acceptors (Lipinski definition) is 3. The van der Waals surface area contributed by atoms with Crippen molar-refractivity contribution in [2.75, 3.05) is 6.54 Å². The Balaban J connectivity index is 1.71. The van der Waals surface area contributed by atoms with Gasteiger partial charge in [0.15, 0.2) is 0 Å². The van der Waals surface area contributed by atoms with Crippen LogP contribution in [0.2, 0.25) is 5.15 Å². The summed E-state index contributed by atoms with van der Waals surface area (Å²) in [5, 5.41) is 10.7. The number of benzene rings is 1. The summed E-state index contributed by atoms with van der Waals surface area (Å²) in [6.45, 7) is 0.694. The molecule has 2 unspecified atom stereocenters. The molecule has 1 aromatic carbocycles. The Hall–Kier alpha value is -1.91. The van der Waals surface area contributed by atoms with Gasteiger partial charge in [0.05, 0.1) is 6.10 Å². The summed E-state index contributed by atoms with van der Waals surface area (Å²) in [6.07, 6.45) is 1.81. The first-order chi connectivity index (χ1) is 11.1. The van der Waals surface area contributed by atoms with Crippen molar-refractivity contribution in [2.24, 2.45) is 0 Å². The topological polar surface area (TPSA) is 53.4 Å². The number of aromatic nitrogens is 1. The van der Waals surface area contributed by atoms with Crippen LogP contribution in [0.25, 0.3) is 0 Å². The largest absolute Gasteiger partial charge is 0.388 e. The number of amides is 1. The molecule has 0 saturated carbocycles. The number of likely N-dealkylation sites (tertiary alicyclic amines) is 1. The summed E-state index contributed by atoms with van der Waals surface area (Å²) in [6, 6.07) is 14.6. The number of halogens is 1. The van der Waals surface area contributed by atoms with Crippen LogP contribution in [0.1, 0.15) is 41.4 Å². The van der Waals surface area contributed by atoms with E-state index in [1.54, 1.807) is 18.2 Å². The van der Waals surface area contributed by atoms with Gasteiger partial charge in [0.25, 0.3) is 5.91 Å². The standard InChI is InChI=1S/C18H19ClN2O2/c19-17-10-4-9-15(20-17)18(23)21-11-5-8-14(21)12-16(22)13-6-2-1-3-7-13/h1-4,6-7,9-10,14,16,22H,5,8,11-12H2. The van der Waals surface area contributed by atoms with E-state index >= 15 is 0 Å². The van der Waals surface area contributed by atoms with Crippen molar-refractivity contribution in [2.45, 2.75) is 31.4 Å². The lowest BCUT2D eigenvalue weighted by molar-refractivity contribution is 0.0661. The van der Waals surface area contributed by atoms with Crippen molar-refractivity contribution in [1.29, 1.82) is 0 Å². The first kappa shape index (κ1) is 16.0. The first-order valence-corrected chi connectivity index (χ1v) is 8.19. The Kier molecular flexibility index (Phi) is 4.94. The number of nitrogens with zero attached hydrogens (tertiary/aromatic N) is 2. The molecule has 1 fully saturated rings. The highest BCUT2D eigenvalue weighted by Crippen LogP contribution is 2.28. The number of carbonyl (C=O) groups is 1. The van der Waals surface area contributed by atoms with Gasteiger partial charge in [0, 0.05) is 12.6 Å². The predicted molar refractivity (Wildman–Crippen MR) is 89.3 cm³/mol. The van der Waals surface area contributed by atoms with Gasteiger partial charge in [-0.15, -0.1) is 0 Å². The van der Waals surface area contributed by atoms with Crippen molar-refractivity contribution in [3.63, 3.8) is 0 Å². The van der Waals surface area contributed by atoms with E-state index in [4.69, 9.17) is 11.6 Å². The van der Waals surface area contributed by atoms with Crippen molar-refractivity contribution >= 4 is 17.5 Å². The molecule has 1 N–H and O–H groups in total. The quantitative estimate of drug-likeness (QED) is 0.873. The van der Waals surface area contributed by atoms with Gasteiger partial charge in [0.2, 0.25) is 0 Å². The van der Waals surface area contributed by atoms with Crippen LogP contribution in [0.5, 0.6) is 0 Å². The normalized spacial score (nSPS) is 18.9. The Morgan fingerprint density at radius 3 is 2.78 bits per heavy atom. The van der Waals surface area contributed by atoms with E-state index in [9.17, 15) is 9.90 Å². The van der Waals surface area contributed by atoms with Gasteiger partial charge in [-0.1, -0.05) is 48.0 Å². The Morgan fingerprint density at radius 1 is 1.26 bits per heavy atom. The van der Waals surface area contributed by atoms with Crippen LogP contribution in [0.15, 0.2) is 48.5 Å². The highest BCUT2D eigenvalue weighted by molar-refractivity contribution is 6.29. The van der Waals surface area contributed by atoms with Gasteiger partial charge >= 0.3 is 0 Å². The Morgan fingerprint density at radius 2 is 2.04 bits per heavy atom. The molecule has 1 saturated heterocycles. The molecule has 2 heterocycles. The fourth-order valence-corrected chi connectivity index (χ4v) is 3.26. The molecule has 3 rings (SSSR count). The maximum Gasteiger partial charge on any atom is 0.272 e. The molecule has 23 heavy (non-hydrogen) atoms. The third kappa shape index (κ3) is 3.71. The summed E-state index contributed by atoms with van der Waals surface area (Å²) in [4.78, 5) is 18.6. The molecule has 2 atom stereocenters. The minimum Gasteiger partial charge on any atom is -0.388 e. The van der Waals surface area contributed by atoms with Gasteiger partial charge in [-0.25, -0.2) is 4.98 Å². The molecule has 0 aliphatic carbocycles. The van der Waals surface area contributed by atoms with E-state index in [-0.39, 0.29) is 11.9 Å². The van der Waals surface area contributed by atoms with Crippen LogP contribution in [-0.4, -0.2) is 33.5 Å². The van der Waals surface area contributed by atoms with Crippen LogP contribution in [-0.2, 0) is 0 Å². The van der Waals surface area contributed by atoms with Crippen LogP contribution < -0.4 is 0 Å². The minimum absolute atomic E-state index is 0.0264. The van der Waals surface area contributed by atoms with E-state index in [2.05, 4.69) is 4.98 Å². The Bertz CT molecular complexity index is 678. The second-order valence-corrected chi connectivity index (χ2v) is 6.19. The van der Waals surface area contributed by atoms with Gasteiger partial charge in [-0.05, 0) is 37.0 Å². The van der Waals surface area contributed by atoms with Crippen LogP contribution >= 0.6 is 11.6 Å². The maximum atomic E-state index is 12.7. The molecule has 0 spiro atoms. The molecule has 1 amide bonds. The lowest BCUT2D eigenvalue weighted by atomic mass is 10.0. The first-order valence-electron chi connectivity index (χ1n) is 7.81. The van der Waals surface area contributed by atoms with Crippen LogP contribution in [0, 0.1) is 0 Å². The predicted octanol–water partition coefficient (Wildman–Crippen LogP) is 3.46. The minimum atomic E-state index is -0.568. The number of pyridine rings is 1. The highest BCUT2D eigenvalue weighted by atomic mass is 35.5. The molecular formula is C18H19ClN2O2. The molecule has 0 bridgehead atoms. The molecule has 0 radical (unpaired) electrons. The second-order valence-electron chi connectivity index (χ2n) is 5.80. The number of aliphatic hydroxyl groups excluding tert-OH is 1. The summed E-state index contributed by atoms with van der Waals surface area (Å²) in [5.74, 6) is -0.115. The third-order valence-corrected chi connectivity index (χ3v) is 4.46. The van der Waals surface area contributed by atoms with Crippen LogP contribution in [0.3, 0.4) is 0 Å². The van der Waals surface area contributed by atoms with Gasteiger partial charge in [-0.3, -0.25) is 4.79 Å². The summed E-state index contributed by atoms with van der Waals surface area (Å²) in [5.41, 5.74) is 1.24. The molecule has 1 aliphatic heterocycles. The molecule has 5 heteroatoms. The van der Waals surface area contributed by atoms with Gasteiger partial charge in [-0.2, -0.15) is 0 Å². The monoisotopic (exact) mass is 330 g/mol. The van der Waals surface area contributed by atoms with Crippen molar-refractivity contribution in [3.8, 4) is 0 Å². The van der Waals surface area contributed by atoms with E-state index < -0.39 is 6.10 Å². The zero-order chi connectivity index (χ0) is 16.2. The maximum absolute atomic E-state index is 12.7. The van der Waals surface area contributed by atoms with Crippen molar-refractivity contribution < 1.29 is 9.90 Å².